The van der Waals surface area contributed by atoms with Crippen molar-refractivity contribution in [3.05, 3.63) is 41.2 Å². The van der Waals surface area contributed by atoms with Gasteiger partial charge in [-0.1, -0.05) is 32.4 Å². The second-order valence-corrected chi connectivity index (χ2v) is 10.2. The lowest BCUT2D eigenvalue weighted by Gasteiger charge is -2.32. The number of aromatic nitrogens is 4. The molecule has 0 spiro atoms. The van der Waals surface area contributed by atoms with Crippen LogP contribution in [0.4, 0.5) is 24.9 Å². The van der Waals surface area contributed by atoms with E-state index in [4.69, 9.17) is 0 Å². The molecule has 0 radical (unpaired) electrons. The van der Waals surface area contributed by atoms with Gasteiger partial charge in [0.15, 0.2) is 11.5 Å². The molecule has 4 rings (SSSR count). The summed E-state index contributed by atoms with van der Waals surface area (Å²) in [5, 5.41) is 12.9. The maximum atomic E-state index is 13.1. The Bertz CT molecular complexity index is 1330. The Kier molecular flexibility index (Phi) is 7.61. The first-order valence-electron chi connectivity index (χ1n) is 12.6. The number of carboxylic acids is 1. The summed E-state index contributed by atoms with van der Waals surface area (Å²) in [5.41, 5.74) is 0.211. The molecule has 2 N–H and O–H groups in total. The minimum Gasteiger partial charge on any atom is -0.475 e. The summed E-state index contributed by atoms with van der Waals surface area (Å²) in [7, 11) is 1.56. The lowest BCUT2D eigenvalue weighted by Crippen LogP contribution is -2.32. The van der Waals surface area contributed by atoms with Crippen molar-refractivity contribution >= 4 is 34.8 Å². The smallest absolute Gasteiger partial charge is 0.416 e. The van der Waals surface area contributed by atoms with Crippen LogP contribution in [0.25, 0.3) is 11.2 Å². The molecule has 204 valence electrons. The van der Waals surface area contributed by atoms with Gasteiger partial charge >= 0.3 is 12.1 Å². The summed E-state index contributed by atoms with van der Waals surface area (Å²) in [6.45, 7) is 5.87. The number of nitrogens with zero attached hydrogens (tertiary/aromatic N) is 5. The molecular weight excluding hydrogens is 501 g/mol. The van der Waals surface area contributed by atoms with Crippen molar-refractivity contribution in [3.63, 3.8) is 0 Å². The Labute approximate surface area is 218 Å². The first-order chi connectivity index (χ1) is 17.8. The Morgan fingerprint density at radius 3 is 2.32 bits per heavy atom. The summed E-state index contributed by atoms with van der Waals surface area (Å²) in [5.74, 6) is -1.06. The van der Waals surface area contributed by atoms with E-state index in [9.17, 15) is 27.9 Å². The van der Waals surface area contributed by atoms with Crippen LogP contribution in [0.1, 0.15) is 68.2 Å². The number of anilines is 2. The first kappa shape index (κ1) is 27.3. The zero-order valence-electron chi connectivity index (χ0n) is 21.7. The predicted molar refractivity (Wildman–Crippen MR) is 136 cm³/mol. The zero-order chi connectivity index (χ0) is 27.8. The van der Waals surface area contributed by atoms with Gasteiger partial charge in [-0.2, -0.15) is 18.2 Å². The summed E-state index contributed by atoms with van der Waals surface area (Å²) in [6, 6.07) is 4.72. The number of amides is 1. The van der Waals surface area contributed by atoms with Crippen molar-refractivity contribution in [2.24, 2.45) is 11.8 Å². The number of halogens is 3. The topological polar surface area (TPSA) is 113 Å². The second kappa shape index (κ2) is 10.6. The maximum absolute atomic E-state index is 13.1. The van der Waals surface area contributed by atoms with E-state index in [2.05, 4.69) is 20.3 Å². The lowest BCUT2D eigenvalue weighted by atomic mass is 9.80. The molecule has 1 amide bonds. The minimum absolute atomic E-state index is 0.0123. The summed E-state index contributed by atoms with van der Waals surface area (Å²) in [6.07, 6.45) is -1.02. The molecule has 1 aromatic carbocycles. The number of carbonyl (C=O) groups excluding carboxylic acids is 1. The molecule has 12 heteroatoms. The van der Waals surface area contributed by atoms with Gasteiger partial charge < -0.3 is 15.0 Å². The van der Waals surface area contributed by atoms with E-state index in [0.717, 1.165) is 31.4 Å². The molecule has 1 saturated carbocycles. The highest BCUT2D eigenvalue weighted by molar-refractivity contribution is 5.96. The largest absolute Gasteiger partial charge is 0.475 e. The summed E-state index contributed by atoms with van der Waals surface area (Å²) >= 11 is 0. The van der Waals surface area contributed by atoms with Crippen LogP contribution in [0, 0.1) is 11.8 Å². The summed E-state index contributed by atoms with van der Waals surface area (Å²) in [4.78, 5) is 39.0. The number of hydrogen-bond donors (Lipinski definition) is 2. The average molecular weight is 533 g/mol. The number of hydrogen-bond acceptors (Lipinski definition) is 6. The molecular formula is C26H31F3N6O3. The van der Waals surface area contributed by atoms with Crippen LogP contribution >= 0.6 is 0 Å². The van der Waals surface area contributed by atoms with E-state index in [1.54, 1.807) is 11.6 Å². The number of carboxylic acid groups (broad SMARTS) is 1. The Balaban J connectivity index is 1.86. The van der Waals surface area contributed by atoms with Gasteiger partial charge in [0.1, 0.15) is 5.52 Å². The normalized spacial score (nSPS) is 14.9. The van der Waals surface area contributed by atoms with Gasteiger partial charge in [0.2, 0.25) is 17.7 Å². The first-order valence-corrected chi connectivity index (χ1v) is 12.6. The van der Waals surface area contributed by atoms with Crippen LogP contribution in [0.5, 0.6) is 0 Å². The van der Waals surface area contributed by atoms with Crippen LogP contribution in [-0.2, 0) is 17.5 Å². The molecule has 0 saturated heterocycles. The third kappa shape index (κ3) is 5.73. The molecule has 0 bridgehead atoms. The number of aromatic carboxylic acids is 1. The van der Waals surface area contributed by atoms with Gasteiger partial charge in [-0.25, -0.2) is 14.8 Å². The quantitative estimate of drug-likeness (QED) is 0.389. The van der Waals surface area contributed by atoms with Crippen LogP contribution in [0.2, 0.25) is 0 Å². The zero-order valence-corrected chi connectivity index (χ0v) is 21.7. The third-order valence-corrected chi connectivity index (χ3v) is 6.87. The van der Waals surface area contributed by atoms with Gasteiger partial charge in [-0.15, -0.1) is 0 Å². The predicted octanol–water partition coefficient (Wildman–Crippen LogP) is 5.20. The standard InChI is InChI=1S/C26H31F3N6O3/c1-14(2)12-19(36)34(4)25-33-22-20(35(25)13-16-8-10-18(11-9-16)26(27,28)29)21(31-23(32-22)24(37)38)30-15(3)17-6-5-7-17/h8-11,14-15,17H,5-7,12-13H2,1-4H3,(H,37,38)(H,30,31,32). The summed E-state index contributed by atoms with van der Waals surface area (Å²) < 4.78 is 41.0. The molecule has 2 aromatic heterocycles. The monoisotopic (exact) mass is 532 g/mol. The van der Waals surface area contributed by atoms with Crippen molar-refractivity contribution in [3.8, 4) is 0 Å². The molecule has 1 aliphatic carbocycles. The second-order valence-electron chi connectivity index (χ2n) is 10.2. The SMILES string of the molecule is CC(C)CC(=O)N(C)c1nc2nc(C(=O)O)nc(NC(C)C3CCC3)c2n1Cc1ccc(C(F)(F)F)cc1. The molecule has 1 atom stereocenters. The molecule has 38 heavy (non-hydrogen) atoms. The van der Waals surface area contributed by atoms with E-state index in [-0.39, 0.29) is 48.2 Å². The van der Waals surface area contributed by atoms with Crippen LogP contribution in [-0.4, -0.2) is 49.6 Å². The molecule has 1 aliphatic rings. The van der Waals surface area contributed by atoms with E-state index in [1.165, 1.54) is 17.0 Å². The molecule has 1 fully saturated rings. The fourth-order valence-corrected chi connectivity index (χ4v) is 4.48. The minimum atomic E-state index is -4.47. The van der Waals surface area contributed by atoms with Crippen LogP contribution in [0.3, 0.4) is 0 Å². The van der Waals surface area contributed by atoms with E-state index in [1.807, 2.05) is 20.8 Å². The van der Waals surface area contributed by atoms with Gasteiger partial charge in [0.05, 0.1) is 12.1 Å². The average Bonchev–Trinajstić information content (AvgIpc) is 3.15. The van der Waals surface area contributed by atoms with Gasteiger partial charge in [0, 0.05) is 19.5 Å². The highest BCUT2D eigenvalue weighted by Gasteiger charge is 2.31. The maximum Gasteiger partial charge on any atom is 0.416 e. The highest BCUT2D eigenvalue weighted by atomic mass is 19.4. The Morgan fingerprint density at radius 2 is 1.79 bits per heavy atom. The van der Waals surface area contributed by atoms with Gasteiger partial charge in [0.25, 0.3) is 0 Å². The number of benzene rings is 1. The van der Waals surface area contributed by atoms with Crippen molar-refractivity contribution in [1.29, 1.82) is 0 Å². The van der Waals surface area contributed by atoms with Gasteiger partial charge in [-0.3, -0.25) is 9.69 Å². The third-order valence-electron chi connectivity index (χ3n) is 6.87. The van der Waals surface area contributed by atoms with Crippen molar-refractivity contribution in [1.82, 2.24) is 19.5 Å². The number of rotatable bonds is 9. The number of fused-ring (bicyclic) bond motifs is 1. The Morgan fingerprint density at radius 1 is 1.13 bits per heavy atom. The number of alkyl halides is 3. The van der Waals surface area contributed by atoms with Crippen LogP contribution in [0.15, 0.2) is 24.3 Å². The van der Waals surface area contributed by atoms with Crippen LogP contribution < -0.4 is 10.2 Å². The molecule has 1 unspecified atom stereocenters. The van der Waals surface area contributed by atoms with Crippen molar-refractivity contribution in [2.45, 2.75) is 65.2 Å². The van der Waals surface area contributed by atoms with Gasteiger partial charge in [-0.05, 0) is 49.3 Å². The lowest BCUT2D eigenvalue weighted by molar-refractivity contribution is -0.137. The molecule has 2 heterocycles. The fourth-order valence-electron chi connectivity index (χ4n) is 4.48. The van der Waals surface area contributed by atoms with Crippen molar-refractivity contribution in [2.75, 3.05) is 17.3 Å². The molecule has 9 nitrogen and oxygen atoms in total. The van der Waals surface area contributed by atoms with Crippen molar-refractivity contribution < 1.29 is 27.9 Å². The van der Waals surface area contributed by atoms with E-state index < -0.39 is 23.5 Å². The molecule has 3 aromatic rings. The van der Waals surface area contributed by atoms with E-state index in [0.29, 0.717) is 17.0 Å². The number of nitrogens with one attached hydrogen (secondary N) is 1. The fraction of sp³-hybridized carbons (Fsp3) is 0.500. The Hall–Kier alpha value is -3.70. The highest BCUT2D eigenvalue weighted by Crippen LogP contribution is 2.34. The molecule has 0 aliphatic heterocycles. The van der Waals surface area contributed by atoms with E-state index >= 15 is 0 Å². The number of imidazole rings is 1. The number of carbonyl (C=O) groups is 2.